The molecule has 148 valence electrons. The van der Waals surface area contributed by atoms with E-state index in [1.165, 1.54) is 22.3 Å². The van der Waals surface area contributed by atoms with E-state index in [-0.39, 0.29) is 0 Å². The number of hydrogen-bond donors (Lipinski definition) is 0. The fourth-order valence-corrected chi connectivity index (χ4v) is 23.4. The molecule has 0 spiro atoms. The zero-order valence-corrected chi connectivity index (χ0v) is 21.7. The molecule has 0 saturated carbocycles. The Hall–Kier alpha value is -1.35. The second-order valence-corrected chi connectivity index (χ2v) is 25.0. The maximum absolute atomic E-state index is 2.60. The molecule has 1 aliphatic rings. The Morgan fingerprint density at radius 2 is 1.07 bits per heavy atom. The van der Waals surface area contributed by atoms with Crippen molar-refractivity contribution in [3.05, 3.63) is 82.8 Å². The summed E-state index contributed by atoms with van der Waals surface area (Å²) < 4.78 is 0. The van der Waals surface area contributed by atoms with E-state index in [2.05, 4.69) is 119 Å². The number of hydrogen-bond acceptors (Lipinski definition) is 0. The second kappa shape index (κ2) is 7.48. The lowest BCUT2D eigenvalue weighted by molar-refractivity contribution is 1.59. The van der Waals surface area contributed by atoms with Crippen LogP contribution in [0.1, 0.15) is 11.1 Å². The van der Waals surface area contributed by atoms with Crippen LogP contribution < -0.4 is 0 Å². The van der Waals surface area contributed by atoms with Crippen molar-refractivity contribution in [2.45, 2.75) is 39.3 Å². The van der Waals surface area contributed by atoms with E-state index in [0.717, 1.165) is 0 Å². The lowest BCUT2D eigenvalue weighted by Gasteiger charge is -2.43. The summed E-state index contributed by atoms with van der Waals surface area (Å²) in [6, 6.07) is 22.2. The molecule has 1 heterocycles. The third-order valence-corrected chi connectivity index (χ3v) is 19.0. The van der Waals surface area contributed by atoms with Crippen molar-refractivity contribution < 1.29 is 0 Å². The molecule has 0 saturated heterocycles. The Kier molecular flexibility index (Phi) is 5.71. The first-order valence-electron chi connectivity index (χ1n) is 10.2. The predicted octanol–water partition coefficient (Wildman–Crippen LogP) is 7.70. The van der Waals surface area contributed by atoms with Crippen LogP contribution in [0.2, 0.25) is 39.3 Å². The van der Waals surface area contributed by atoms with Crippen molar-refractivity contribution in [3.8, 4) is 0 Å². The molecule has 0 nitrogen and oxygen atoms in total. The molecule has 0 radical (unpaired) electrons. The van der Waals surface area contributed by atoms with Gasteiger partial charge in [-0.2, -0.15) is 0 Å². The Morgan fingerprint density at radius 1 is 0.607 bits per heavy atom. The lowest BCUT2D eigenvalue weighted by atomic mass is 10.0. The summed E-state index contributed by atoms with van der Waals surface area (Å²) in [7, 11) is -3.01. The van der Waals surface area contributed by atoms with Crippen molar-refractivity contribution >= 4 is 39.1 Å². The summed E-state index contributed by atoms with van der Waals surface area (Å²) in [6.45, 7) is 19.0. The molecule has 0 aromatic heterocycles. The minimum Gasteiger partial charge on any atom is -0.0907 e. The van der Waals surface area contributed by atoms with E-state index in [9.17, 15) is 0 Å². The third-order valence-electron chi connectivity index (χ3n) is 5.51. The smallest absolute Gasteiger partial charge is 0.0789 e. The second-order valence-electron chi connectivity index (χ2n) is 10.4. The zero-order chi connectivity index (χ0) is 20.7. The lowest BCUT2D eigenvalue weighted by Crippen LogP contribution is -2.39. The highest BCUT2D eigenvalue weighted by molar-refractivity contribution is 7.87. The fourth-order valence-electron chi connectivity index (χ4n) is 5.16. The molecule has 3 rings (SSSR count). The Morgan fingerprint density at radius 3 is 1.50 bits per heavy atom. The van der Waals surface area contributed by atoms with Gasteiger partial charge in [-0.05, 0) is 41.7 Å². The molecule has 28 heavy (non-hydrogen) atoms. The monoisotopic (exact) mass is 422 g/mol. The number of rotatable bonds is 4. The Bertz CT molecular complexity index is 976. The van der Waals surface area contributed by atoms with Gasteiger partial charge in [0, 0.05) is 0 Å². The van der Waals surface area contributed by atoms with Gasteiger partial charge >= 0.3 is 0 Å². The molecule has 0 aliphatic carbocycles. The minimum atomic E-state index is -1.50. The maximum atomic E-state index is 2.60. The summed E-state index contributed by atoms with van der Waals surface area (Å²) in [5.41, 5.74) is 5.80. The summed E-state index contributed by atoms with van der Waals surface area (Å²) >= 11 is 0. The highest BCUT2D eigenvalue weighted by Gasteiger charge is 2.39. The van der Waals surface area contributed by atoms with Crippen LogP contribution in [-0.2, 0) is 0 Å². The standard InChI is InChI=1S/C25H35PSi2/c1-26(2)24(27(3,4)5)22(20-15-11-9-12-16-20)19-23(25(26)28(6,7)8)21-17-13-10-14-18-21/h9-19H,1-8H3. The van der Waals surface area contributed by atoms with Gasteiger partial charge in [0.15, 0.2) is 0 Å². The first-order chi connectivity index (χ1) is 12.9. The molecule has 0 bridgehead atoms. The summed E-state index contributed by atoms with van der Waals surface area (Å²) in [4.78, 5) is 3.62. The van der Waals surface area contributed by atoms with Gasteiger partial charge in [-0.25, -0.2) is 0 Å². The minimum absolute atomic E-state index is 1.39. The van der Waals surface area contributed by atoms with Crippen LogP contribution in [0.5, 0.6) is 0 Å². The van der Waals surface area contributed by atoms with E-state index in [1.807, 2.05) is 9.85 Å². The van der Waals surface area contributed by atoms with Crippen molar-refractivity contribution in [1.82, 2.24) is 0 Å². The molecule has 0 N–H and O–H groups in total. The molecule has 0 fully saturated rings. The first kappa shape index (κ1) is 21.4. The van der Waals surface area contributed by atoms with Crippen molar-refractivity contribution in [3.63, 3.8) is 0 Å². The van der Waals surface area contributed by atoms with Crippen LogP contribution in [-0.4, -0.2) is 34.4 Å². The highest BCUT2D eigenvalue weighted by Crippen LogP contribution is 2.62. The van der Waals surface area contributed by atoms with E-state index in [1.54, 1.807) is 0 Å². The van der Waals surface area contributed by atoms with Gasteiger partial charge < -0.3 is 0 Å². The molecule has 0 unspecified atom stereocenters. The van der Waals surface area contributed by atoms with Gasteiger partial charge in [-0.15, -0.1) is 0 Å². The fraction of sp³-hybridized carbons (Fsp3) is 0.320. The third kappa shape index (κ3) is 4.01. The highest BCUT2D eigenvalue weighted by atomic mass is 31.2. The summed E-state index contributed by atoms with van der Waals surface area (Å²) in [5.74, 6) is 0. The van der Waals surface area contributed by atoms with Gasteiger partial charge in [-0.3, -0.25) is 0 Å². The van der Waals surface area contributed by atoms with Crippen LogP contribution in [0.4, 0.5) is 0 Å². The number of allylic oxidation sites excluding steroid dienone is 3. The van der Waals surface area contributed by atoms with Crippen LogP contribution in [0.3, 0.4) is 0 Å². The van der Waals surface area contributed by atoms with Gasteiger partial charge in [0.1, 0.15) is 0 Å². The van der Waals surface area contributed by atoms with Crippen molar-refractivity contribution in [2.24, 2.45) is 0 Å². The van der Waals surface area contributed by atoms with Gasteiger partial charge in [0.05, 0.1) is 16.1 Å². The van der Waals surface area contributed by atoms with Crippen LogP contribution in [0.15, 0.2) is 71.7 Å². The Labute approximate surface area is 174 Å². The zero-order valence-electron chi connectivity index (χ0n) is 18.8. The van der Waals surface area contributed by atoms with E-state index < -0.39 is 23.0 Å². The Balaban J connectivity index is 2.49. The first-order valence-corrected chi connectivity index (χ1v) is 19.9. The quantitative estimate of drug-likeness (QED) is 0.350. The normalized spacial score (nSPS) is 17.6. The molecule has 3 heteroatoms. The summed E-state index contributed by atoms with van der Waals surface area (Å²) in [5, 5.41) is 0. The molecular formula is C25H35PSi2. The SMILES string of the molecule is C[Si](C)(C)C1=C(c2ccccc2)C=C(c2ccccc2)C([Si](C)(C)C)=P1(C)C. The average Bonchev–Trinajstić information content (AvgIpc) is 2.59. The van der Waals surface area contributed by atoms with Crippen LogP contribution >= 0.6 is 6.89 Å². The maximum Gasteiger partial charge on any atom is 0.0789 e. The van der Waals surface area contributed by atoms with Crippen LogP contribution in [0.25, 0.3) is 11.1 Å². The van der Waals surface area contributed by atoms with E-state index in [0.29, 0.717) is 0 Å². The van der Waals surface area contributed by atoms with Crippen molar-refractivity contribution in [2.75, 3.05) is 13.3 Å². The van der Waals surface area contributed by atoms with Gasteiger partial charge in [0.2, 0.25) is 0 Å². The average molecular weight is 423 g/mol. The molecule has 2 aromatic carbocycles. The molecule has 0 atom stereocenters. The van der Waals surface area contributed by atoms with Crippen LogP contribution in [0, 0.1) is 0 Å². The summed E-state index contributed by atoms with van der Waals surface area (Å²) in [6.07, 6.45) is 2.55. The topological polar surface area (TPSA) is 0 Å². The van der Waals surface area contributed by atoms with Gasteiger partial charge in [0.25, 0.3) is 0 Å². The molecular weight excluding hydrogens is 387 g/mol. The van der Waals surface area contributed by atoms with Gasteiger partial charge in [-0.1, -0.05) is 117 Å². The van der Waals surface area contributed by atoms with E-state index in [4.69, 9.17) is 0 Å². The molecule has 0 amide bonds. The number of benzene rings is 2. The van der Waals surface area contributed by atoms with E-state index >= 15 is 0 Å². The predicted molar refractivity (Wildman–Crippen MR) is 138 cm³/mol. The molecule has 1 aliphatic heterocycles. The molecule has 2 aromatic rings. The van der Waals surface area contributed by atoms with Crippen molar-refractivity contribution in [1.29, 1.82) is 0 Å². The largest absolute Gasteiger partial charge is 0.0907 e.